The number of thiophene rings is 1. The lowest BCUT2D eigenvalue weighted by Crippen LogP contribution is -2.12. The number of rotatable bonds is 2. The Morgan fingerprint density at radius 1 is 1.11 bits per heavy atom. The Morgan fingerprint density at radius 2 is 1.89 bits per heavy atom. The van der Waals surface area contributed by atoms with Crippen molar-refractivity contribution in [3.63, 3.8) is 0 Å². The molecular formula is C15H15F2NS. The second-order valence-corrected chi connectivity index (χ2v) is 6.12. The highest BCUT2D eigenvalue weighted by Crippen LogP contribution is 2.34. The van der Waals surface area contributed by atoms with E-state index in [0.717, 1.165) is 23.8 Å². The van der Waals surface area contributed by atoms with Crippen LogP contribution in [0.1, 0.15) is 39.8 Å². The van der Waals surface area contributed by atoms with Crippen molar-refractivity contribution >= 4 is 11.3 Å². The maximum Gasteiger partial charge on any atom is 0.131 e. The van der Waals surface area contributed by atoms with Crippen LogP contribution < -0.4 is 5.73 Å². The highest BCUT2D eigenvalue weighted by molar-refractivity contribution is 7.12. The summed E-state index contributed by atoms with van der Waals surface area (Å²) in [7, 11) is 0. The minimum absolute atomic E-state index is 0.361. The first-order valence-electron chi connectivity index (χ1n) is 6.47. The van der Waals surface area contributed by atoms with E-state index in [2.05, 4.69) is 6.07 Å². The van der Waals surface area contributed by atoms with Gasteiger partial charge in [-0.3, -0.25) is 0 Å². The molecule has 0 amide bonds. The van der Waals surface area contributed by atoms with Crippen LogP contribution >= 0.6 is 11.3 Å². The second-order valence-electron chi connectivity index (χ2n) is 4.95. The molecule has 3 rings (SSSR count). The van der Waals surface area contributed by atoms with Crippen molar-refractivity contribution in [3.05, 3.63) is 56.8 Å². The van der Waals surface area contributed by atoms with Gasteiger partial charge in [0.05, 0.1) is 6.04 Å². The first-order chi connectivity index (χ1) is 9.15. The second kappa shape index (κ2) is 5.02. The van der Waals surface area contributed by atoms with Crippen LogP contribution in [0.25, 0.3) is 0 Å². The van der Waals surface area contributed by atoms with Crippen LogP contribution in [0.2, 0.25) is 0 Å². The molecule has 0 bridgehead atoms. The van der Waals surface area contributed by atoms with Gasteiger partial charge in [0, 0.05) is 21.4 Å². The minimum atomic E-state index is -0.570. The fourth-order valence-corrected chi connectivity index (χ4v) is 3.85. The molecule has 100 valence electrons. The van der Waals surface area contributed by atoms with E-state index in [4.69, 9.17) is 5.73 Å². The zero-order valence-corrected chi connectivity index (χ0v) is 11.3. The molecule has 2 N–H and O–H groups in total. The predicted octanol–water partition coefficient (Wildman–Crippen LogP) is 3.95. The van der Waals surface area contributed by atoms with Crippen LogP contribution in [0.15, 0.2) is 24.3 Å². The Bertz CT molecular complexity index is 583. The summed E-state index contributed by atoms with van der Waals surface area (Å²) in [6.07, 6.45) is 4.61. The quantitative estimate of drug-likeness (QED) is 0.885. The number of aryl methyl sites for hydroxylation is 2. The van der Waals surface area contributed by atoms with Crippen molar-refractivity contribution in [2.24, 2.45) is 5.73 Å². The Hall–Kier alpha value is -1.26. The van der Waals surface area contributed by atoms with Gasteiger partial charge in [-0.25, -0.2) is 8.78 Å². The summed E-state index contributed by atoms with van der Waals surface area (Å²) in [5.41, 5.74) is 7.84. The van der Waals surface area contributed by atoms with E-state index in [-0.39, 0.29) is 0 Å². The summed E-state index contributed by atoms with van der Waals surface area (Å²) in [5.74, 6) is -1.14. The van der Waals surface area contributed by atoms with Gasteiger partial charge < -0.3 is 5.73 Å². The van der Waals surface area contributed by atoms with Gasteiger partial charge in [-0.05, 0) is 43.4 Å². The fourth-order valence-electron chi connectivity index (χ4n) is 2.57. The lowest BCUT2D eigenvalue weighted by molar-refractivity contribution is 0.566. The van der Waals surface area contributed by atoms with Gasteiger partial charge >= 0.3 is 0 Å². The lowest BCUT2D eigenvalue weighted by atomic mass is 9.98. The Kier molecular flexibility index (Phi) is 3.37. The van der Waals surface area contributed by atoms with Crippen molar-refractivity contribution in [2.45, 2.75) is 31.7 Å². The molecule has 1 nitrogen and oxygen atoms in total. The van der Waals surface area contributed by atoms with Crippen LogP contribution in [0.3, 0.4) is 0 Å². The van der Waals surface area contributed by atoms with Crippen molar-refractivity contribution in [2.75, 3.05) is 0 Å². The SMILES string of the molecule is NC(c1cc2c(s1)CCCC2)c1ccc(F)cc1F. The highest BCUT2D eigenvalue weighted by Gasteiger charge is 2.20. The van der Waals surface area contributed by atoms with Gasteiger partial charge in [0.2, 0.25) is 0 Å². The zero-order chi connectivity index (χ0) is 13.4. The molecule has 0 saturated heterocycles. The molecular weight excluding hydrogens is 264 g/mol. The molecule has 1 atom stereocenters. The maximum absolute atomic E-state index is 13.8. The molecule has 4 heteroatoms. The van der Waals surface area contributed by atoms with E-state index in [1.165, 1.54) is 35.4 Å². The van der Waals surface area contributed by atoms with Gasteiger partial charge in [0.25, 0.3) is 0 Å². The number of hydrogen-bond donors (Lipinski definition) is 1. The fraction of sp³-hybridized carbons (Fsp3) is 0.333. The van der Waals surface area contributed by atoms with Gasteiger partial charge in [-0.15, -0.1) is 11.3 Å². The molecule has 1 unspecified atom stereocenters. The molecule has 1 aliphatic rings. The number of fused-ring (bicyclic) bond motifs is 1. The van der Waals surface area contributed by atoms with E-state index in [0.29, 0.717) is 5.56 Å². The Balaban J connectivity index is 1.94. The van der Waals surface area contributed by atoms with E-state index >= 15 is 0 Å². The molecule has 2 aromatic rings. The van der Waals surface area contributed by atoms with Crippen LogP contribution in [0.4, 0.5) is 8.78 Å². The van der Waals surface area contributed by atoms with Gasteiger partial charge in [0.1, 0.15) is 11.6 Å². The number of nitrogens with two attached hydrogens (primary N) is 1. The lowest BCUT2D eigenvalue weighted by Gasteiger charge is -2.11. The number of halogens is 2. The molecule has 1 aromatic heterocycles. The molecule has 0 aliphatic heterocycles. The summed E-state index contributed by atoms with van der Waals surface area (Å²) in [6.45, 7) is 0. The first kappa shape index (κ1) is 12.8. The summed E-state index contributed by atoms with van der Waals surface area (Å²) in [6, 6.07) is 5.17. The summed E-state index contributed by atoms with van der Waals surface area (Å²) < 4.78 is 26.7. The van der Waals surface area contributed by atoms with Gasteiger partial charge in [-0.2, -0.15) is 0 Å². The summed E-state index contributed by atoms with van der Waals surface area (Å²) in [5, 5.41) is 0. The molecule has 1 aliphatic carbocycles. The molecule has 0 radical (unpaired) electrons. The Labute approximate surface area is 115 Å². The van der Waals surface area contributed by atoms with Crippen molar-refractivity contribution < 1.29 is 8.78 Å². The summed E-state index contributed by atoms with van der Waals surface area (Å²) in [4.78, 5) is 2.34. The topological polar surface area (TPSA) is 26.0 Å². The third kappa shape index (κ3) is 2.42. The van der Waals surface area contributed by atoms with Gasteiger partial charge in [-0.1, -0.05) is 6.07 Å². The first-order valence-corrected chi connectivity index (χ1v) is 7.29. The van der Waals surface area contributed by atoms with Crippen molar-refractivity contribution in [1.29, 1.82) is 0 Å². The van der Waals surface area contributed by atoms with E-state index in [1.807, 2.05) is 0 Å². The van der Waals surface area contributed by atoms with E-state index in [1.54, 1.807) is 11.3 Å². The smallest absolute Gasteiger partial charge is 0.131 e. The standard InChI is InChI=1S/C15H15F2NS/c16-10-5-6-11(12(17)8-10)15(18)14-7-9-3-1-2-4-13(9)19-14/h5-8,15H,1-4,18H2. The average Bonchev–Trinajstić information content (AvgIpc) is 2.81. The van der Waals surface area contributed by atoms with Crippen LogP contribution in [-0.4, -0.2) is 0 Å². The largest absolute Gasteiger partial charge is 0.320 e. The highest BCUT2D eigenvalue weighted by atomic mass is 32.1. The number of hydrogen-bond acceptors (Lipinski definition) is 2. The molecule has 0 fully saturated rings. The molecule has 1 heterocycles. The molecule has 1 aromatic carbocycles. The third-order valence-electron chi connectivity index (χ3n) is 3.62. The minimum Gasteiger partial charge on any atom is -0.320 e. The average molecular weight is 279 g/mol. The predicted molar refractivity (Wildman–Crippen MR) is 73.3 cm³/mol. The van der Waals surface area contributed by atoms with Crippen LogP contribution in [0.5, 0.6) is 0 Å². The van der Waals surface area contributed by atoms with E-state index in [9.17, 15) is 8.78 Å². The molecule has 0 saturated carbocycles. The normalized spacial score (nSPS) is 16.2. The molecule has 0 spiro atoms. The zero-order valence-electron chi connectivity index (χ0n) is 10.5. The molecule has 19 heavy (non-hydrogen) atoms. The third-order valence-corrected chi connectivity index (χ3v) is 4.94. The number of benzene rings is 1. The summed E-state index contributed by atoms with van der Waals surface area (Å²) >= 11 is 1.67. The van der Waals surface area contributed by atoms with Crippen molar-refractivity contribution in [3.8, 4) is 0 Å². The maximum atomic E-state index is 13.8. The monoisotopic (exact) mass is 279 g/mol. The van der Waals surface area contributed by atoms with Crippen LogP contribution in [-0.2, 0) is 12.8 Å². The van der Waals surface area contributed by atoms with Crippen molar-refractivity contribution in [1.82, 2.24) is 0 Å². The van der Waals surface area contributed by atoms with Gasteiger partial charge in [0.15, 0.2) is 0 Å². The van der Waals surface area contributed by atoms with E-state index < -0.39 is 17.7 Å². The Morgan fingerprint density at radius 3 is 2.63 bits per heavy atom. The van der Waals surface area contributed by atoms with Crippen LogP contribution in [0, 0.1) is 11.6 Å².